The monoisotopic (exact) mass is 315 g/mol. The van der Waals surface area contributed by atoms with E-state index in [1.54, 1.807) is 11.3 Å². The summed E-state index contributed by atoms with van der Waals surface area (Å²) in [7, 11) is 0. The van der Waals surface area contributed by atoms with E-state index in [1.165, 1.54) is 10.2 Å². The zero-order valence-electron chi connectivity index (χ0n) is 13.2. The van der Waals surface area contributed by atoms with Gasteiger partial charge in [-0.25, -0.2) is 4.98 Å². The first kappa shape index (κ1) is 14.2. The van der Waals surface area contributed by atoms with Gasteiger partial charge in [0, 0.05) is 5.92 Å². The van der Waals surface area contributed by atoms with E-state index in [1.807, 2.05) is 6.20 Å². The van der Waals surface area contributed by atoms with E-state index in [9.17, 15) is 0 Å². The van der Waals surface area contributed by atoms with Crippen LogP contribution < -0.4 is 0 Å². The summed E-state index contributed by atoms with van der Waals surface area (Å²) in [4.78, 5) is 9.43. The molecule has 4 heterocycles. The Hall–Kier alpha value is -1.46. The van der Waals surface area contributed by atoms with E-state index in [0.29, 0.717) is 18.1 Å². The molecule has 22 heavy (non-hydrogen) atoms. The molecular weight excluding hydrogens is 294 g/mol. The average Bonchev–Trinajstić information content (AvgIpc) is 3.11. The fourth-order valence-electron chi connectivity index (χ4n) is 3.35. The highest BCUT2D eigenvalue weighted by atomic mass is 32.1. The molecule has 1 aliphatic rings. The van der Waals surface area contributed by atoms with Crippen molar-refractivity contribution >= 4 is 32.6 Å². The summed E-state index contributed by atoms with van der Waals surface area (Å²) in [6.45, 7) is 7.36. The Morgan fingerprint density at radius 3 is 2.91 bits per heavy atom. The summed E-state index contributed by atoms with van der Waals surface area (Å²) in [5.74, 6) is 1.54. The number of imidazole rings is 1. The number of aromatic nitrogens is 3. The number of ether oxygens (including phenoxy) is 1. The maximum absolute atomic E-state index is 5.93. The molecule has 4 rings (SSSR count). The van der Waals surface area contributed by atoms with Gasteiger partial charge in [-0.1, -0.05) is 13.8 Å². The first-order valence-electron chi connectivity index (χ1n) is 8.00. The molecular formula is C17H21N3OS. The molecule has 1 saturated heterocycles. The Morgan fingerprint density at radius 1 is 1.32 bits per heavy atom. The van der Waals surface area contributed by atoms with E-state index in [0.717, 1.165) is 36.3 Å². The van der Waals surface area contributed by atoms with Crippen molar-refractivity contribution in [3.63, 3.8) is 0 Å². The van der Waals surface area contributed by atoms with Crippen molar-refractivity contribution in [2.45, 2.75) is 51.7 Å². The van der Waals surface area contributed by atoms with Crippen LogP contribution in [0.15, 0.2) is 17.6 Å². The molecule has 1 fully saturated rings. The first-order chi connectivity index (χ1) is 10.6. The lowest BCUT2D eigenvalue weighted by molar-refractivity contribution is -0.000481. The first-order valence-corrected chi connectivity index (χ1v) is 8.88. The summed E-state index contributed by atoms with van der Waals surface area (Å²) in [5.41, 5.74) is 3.32. The smallest absolute Gasteiger partial charge is 0.112 e. The molecule has 0 unspecified atom stereocenters. The molecule has 116 valence electrons. The van der Waals surface area contributed by atoms with Crippen LogP contribution in [0, 0.1) is 0 Å². The number of thiophene rings is 1. The molecule has 5 heteroatoms. The lowest BCUT2D eigenvalue weighted by Crippen LogP contribution is -2.27. The Labute approximate surface area is 134 Å². The van der Waals surface area contributed by atoms with E-state index in [-0.39, 0.29) is 0 Å². The molecule has 2 atom stereocenters. The van der Waals surface area contributed by atoms with E-state index >= 15 is 0 Å². The van der Waals surface area contributed by atoms with Gasteiger partial charge in [-0.2, -0.15) is 0 Å². The topological polar surface area (TPSA) is 39.9 Å². The fraction of sp³-hybridized carbons (Fsp3) is 0.529. The number of nitrogens with zero attached hydrogens (tertiary/aromatic N) is 3. The largest absolute Gasteiger partial charge is 0.376 e. The SMILES string of the molecule is CC(C)c1nc2cnc3ccsc3c2n1[C@H]1CC[C@@H](C)OC1. The van der Waals surface area contributed by atoms with Gasteiger partial charge in [-0.3, -0.25) is 4.98 Å². The van der Waals surface area contributed by atoms with Gasteiger partial charge in [0.05, 0.1) is 40.7 Å². The third-order valence-electron chi connectivity index (χ3n) is 4.51. The highest BCUT2D eigenvalue weighted by Crippen LogP contribution is 2.36. The minimum atomic E-state index is 0.372. The summed E-state index contributed by atoms with van der Waals surface area (Å²) >= 11 is 1.76. The minimum absolute atomic E-state index is 0.372. The van der Waals surface area contributed by atoms with Gasteiger partial charge in [0.1, 0.15) is 11.3 Å². The second kappa shape index (κ2) is 5.32. The number of hydrogen-bond acceptors (Lipinski definition) is 4. The van der Waals surface area contributed by atoms with Crippen LogP contribution in [0.5, 0.6) is 0 Å². The highest BCUT2D eigenvalue weighted by molar-refractivity contribution is 7.18. The quantitative estimate of drug-likeness (QED) is 0.698. The van der Waals surface area contributed by atoms with Crippen LogP contribution in [0.3, 0.4) is 0 Å². The maximum atomic E-state index is 5.93. The van der Waals surface area contributed by atoms with Crippen LogP contribution in [-0.4, -0.2) is 27.2 Å². The van der Waals surface area contributed by atoms with Gasteiger partial charge >= 0.3 is 0 Å². The highest BCUT2D eigenvalue weighted by Gasteiger charge is 2.26. The standard InChI is InChI=1S/C17H21N3OS/c1-10(2)17-19-14-8-18-13-6-7-22-16(13)15(14)20(17)12-5-4-11(3)21-9-12/h6-8,10-12H,4-5,9H2,1-3H3/t11-,12+/m1/s1. The molecule has 0 spiro atoms. The zero-order chi connectivity index (χ0) is 15.3. The molecule has 1 aliphatic heterocycles. The summed E-state index contributed by atoms with van der Waals surface area (Å²) in [6.07, 6.45) is 4.55. The fourth-order valence-corrected chi connectivity index (χ4v) is 4.23. The lowest BCUT2D eigenvalue weighted by Gasteiger charge is -2.30. The van der Waals surface area contributed by atoms with Crippen molar-refractivity contribution in [3.05, 3.63) is 23.5 Å². The average molecular weight is 315 g/mol. The number of rotatable bonds is 2. The van der Waals surface area contributed by atoms with Crippen LogP contribution >= 0.6 is 11.3 Å². The van der Waals surface area contributed by atoms with Gasteiger partial charge in [0.15, 0.2) is 0 Å². The van der Waals surface area contributed by atoms with Crippen LogP contribution in [0.1, 0.15) is 51.4 Å². The predicted octanol–water partition coefficient (Wildman–Crippen LogP) is 4.51. The van der Waals surface area contributed by atoms with Gasteiger partial charge in [-0.05, 0) is 31.2 Å². The van der Waals surface area contributed by atoms with Gasteiger partial charge in [-0.15, -0.1) is 11.3 Å². The predicted molar refractivity (Wildman–Crippen MR) is 90.7 cm³/mol. The van der Waals surface area contributed by atoms with E-state index in [4.69, 9.17) is 9.72 Å². The minimum Gasteiger partial charge on any atom is -0.376 e. The number of fused-ring (bicyclic) bond motifs is 3. The lowest BCUT2D eigenvalue weighted by atomic mass is 10.0. The van der Waals surface area contributed by atoms with Gasteiger partial charge < -0.3 is 9.30 Å². The molecule has 0 aliphatic carbocycles. The molecule has 0 aromatic carbocycles. The summed E-state index contributed by atoms with van der Waals surface area (Å²) in [5, 5.41) is 2.11. The zero-order valence-corrected chi connectivity index (χ0v) is 14.1. The molecule has 0 bridgehead atoms. The van der Waals surface area contributed by atoms with E-state index in [2.05, 4.69) is 41.8 Å². The Kier molecular flexibility index (Phi) is 3.42. The summed E-state index contributed by atoms with van der Waals surface area (Å²) < 4.78 is 9.61. The molecule has 0 radical (unpaired) electrons. The molecule has 0 N–H and O–H groups in total. The molecule has 3 aromatic rings. The Bertz CT molecular complexity index is 812. The van der Waals surface area contributed by atoms with Crippen molar-refractivity contribution in [1.29, 1.82) is 0 Å². The Morgan fingerprint density at radius 2 is 2.18 bits per heavy atom. The molecule has 3 aromatic heterocycles. The van der Waals surface area contributed by atoms with Crippen molar-refractivity contribution in [2.24, 2.45) is 0 Å². The van der Waals surface area contributed by atoms with E-state index < -0.39 is 0 Å². The van der Waals surface area contributed by atoms with Crippen molar-refractivity contribution < 1.29 is 4.74 Å². The van der Waals surface area contributed by atoms with Crippen molar-refractivity contribution in [2.75, 3.05) is 6.61 Å². The number of pyridine rings is 1. The third kappa shape index (κ3) is 2.15. The second-order valence-corrected chi connectivity index (χ2v) is 7.41. The van der Waals surface area contributed by atoms with Crippen molar-refractivity contribution in [3.8, 4) is 0 Å². The van der Waals surface area contributed by atoms with Crippen LogP contribution in [0.25, 0.3) is 21.3 Å². The number of hydrogen-bond donors (Lipinski definition) is 0. The van der Waals surface area contributed by atoms with Crippen LogP contribution in [0.2, 0.25) is 0 Å². The third-order valence-corrected chi connectivity index (χ3v) is 5.42. The normalized spacial score (nSPS) is 22.9. The van der Waals surface area contributed by atoms with Crippen LogP contribution in [0.4, 0.5) is 0 Å². The van der Waals surface area contributed by atoms with Gasteiger partial charge in [0.2, 0.25) is 0 Å². The van der Waals surface area contributed by atoms with Crippen molar-refractivity contribution in [1.82, 2.24) is 14.5 Å². The Balaban J connectivity index is 1.96. The molecule has 4 nitrogen and oxygen atoms in total. The second-order valence-electron chi connectivity index (χ2n) is 6.50. The molecule has 0 saturated carbocycles. The van der Waals surface area contributed by atoms with Crippen LogP contribution in [-0.2, 0) is 4.74 Å². The summed E-state index contributed by atoms with van der Waals surface area (Å²) in [6, 6.07) is 2.47. The molecule has 0 amide bonds. The maximum Gasteiger partial charge on any atom is 0.112 e. The van der Waals surface area contributed by atoms with Gasteiger partial charge in [0.25, 0.3) is 0 Å².